The number of benzene rings is 2. The third-order valence-electron chi connectivity index (χ3n) is 13.5. The van der Waals surface area contributed by atoms with Gasteiger partial charge in [0, 0.05) is 61.3 Å². The number of phenolic OH excluding ortho intramolecular Hbond substituents is 1. The monoisotopic (exact) mass is 1080 g/mol. The molecule has 26 nitrogen and oxygen atoms in total. The molecule has 1 saturated heterocycles. The number of nitrogens with zero attached hydrogens (tertiary/aromatic N) is 3. The number of aromatic amines is 2. The van der Waals surface area contributed by atoms with E-state index in [1.165, 1.54) is 41.7 Å². The molecule has 0 radical (unpaired) electrons. The maximum atomic E-state index is 14.7. The molecule has 0 saturated carbocycles. The minimum atomic E-state index is -1.51. The molecule has 9 atom stereocenters. The number of nitrogens with two attached hydrogens (primary N) is 3. The van der Waals surface area contributed by atoms with E-state index in [4.69, 9.17) is 17.2 Å². The number of aliphatic imine (C=N–C) groups is 1. The summed E-state index contributed by atoms with van der Waals surface area (Å²) in [6, 6.07) is 2.44. The summed E-state index contributed by atoms with van der Waals surface area (Å²) in [5.74, 6) is -9.70. The number of imidazole rings is 1. The van der Waals surface area contributed by atoms with Crippen molar-refractivity contribution in [1.29, 1.82) is 0 Å². The summed E-state index contributed by atoms with van der Waals surface area (Å²) in [7, 11) is 0. The lowest BCUT2D eigenvalue weighted by atomic mass is 9.96. The summed E-state index contributed by atoms with van der Waals surface area (Å²) in [4.78, 5) is 138. The second-order valence-corrected chi connectivity index (χ2v) is 19.7. The van der Waals surface area contributed by atoms with E-state index < -0.39 is 120 Å². The van der Waals surface area contributed by atoms with Crippen molar-refractivity contribution in [2.75, 3.05) is 13.1 Å². The zero-order chi connectivity index (χ0) is 57.2. The van der Waals surface area contributed by atoms with Crippen LogP contribution in [0, 0.1) is 11.8 Å². The van der Waals surface area contributed by atoms with Gasteiger partial charge in [-0.15, -0.1) is 0 Å². The molecule has 2 aromatic carbocycles. The van der Waals surface area contributed by atoms with Crippen molar-refractivity contribution in [3.63, 3.8) is 0 Å². The second kappa shape index (κ2) is 28.5. The third kappa shape index (κ3) is 17.2. The zero-order valence-electron chi connectivity index (χ0n) is 44.0. The van der Waals surface area contributed by atoms with Crippen molar-refractivity contribution in [2.24, 2.45) is 34.0 Å². The molecule has 0 unspecified atom stereocenters. The number of hydrogen-bond donors (Lipinski definition) is 14. The fourth-order valence-corrected chi connectivity index (χ4v) is 8.98. The standard InChI is InChI=1S/C52H72N14O12/c1-5-28(4)43(49(75)62-38(22-31-25-56-26-59-31)50(76)66-19-9-13-40(66)47(73)63-39(51(77)78)21-30-24-58-35-11-7-6-10-33(30)35)65-46(72)37(20-29-14-16-32(67)17-15-29)61-48(74)42(27(2)3)64-45(71)36(12-8-18-57-52(54)55)60-44(70)34(53)23-41(68)69/h6-7,10-11,14-17,24-28,34,36-40,42-43,58,67H,5,8-9,12-13,18-23,53H2,1-4H3,(H,56,59)(H,60,70)(H,61,74)(H,62,75)(H,63,73)(H,64,71)(H,65,72)(H,68,69)(H,77,78)(H4,54,55,57)/t28-,34-,36-,37-,38-,39-,40-,42-,43-/m0/s1. The van der Waals surface area contributed by atoms with Gasteiger partial charge in [0.15, 0.2) is 5.96 Å². The van der Waals surface area contributed by atoms with Gasteiger partial charge in [-0.05, 0) is 66.8 Å². The number of likely N-dealkylation sites (tertiary alicyclic amines) is 1. The minimum absolute atomic E-state index is 0.0406. The number of para-hydroxylation sites is 1. The van der Waals surface area contributed by atoms with Crippen LogP contribution in [-0.2, 0) is 62.4 Å². The number of phenols is 1. The van der Waals surface area contributed by atoms with Crippen LogP contribution in [0.25, 0.3) is 10.9 Å². The van der Waals surface area contributed by atoms with E-state index in [1.807, 2.05) is 24.3 Å². The Balaban J connectivity index is 1.36. The first-order valence-corrected chi connectivity index (χ1v) is 25.7. The minimum Gasteiger partial charge on any atom is -0.508 e. The van der Waals surface area contributed by atoms with Crippen LogP contribution in [0.2, 0.25) is 0 Å². The summed E-state index contributed by atoms with van der Waals surface area (Å²) < 4.78 is 0. The summed E-state index contributed by atoms with van der Waals surface area (Å²) in [5.41, 5.74) is 19.0. The van der Waals surface area contributed by atoms with E-state index in [2.05, 4.69) is 51.8 Å². The molecule has 0 aliphatic carbocycles. The predicted molar refractivity (Wildman–Crippen MR) is 284 cm³/mol. The Bertz CT molecular complexity index is 2760. The number of carboxylic acids is 2. The van der Waals surface area contributed by atoms with Gasteiger partial charge in [0.05, 0.1) is 18.8 Å². The van der Waals surface area contributed by atoms with E-state index in [-0.39, 0.29) is 63.3 Å². The highest BCUT2D eigenvalue weighted by atomic mass is 16.4. The van der Waals surface area contributed by atoms with Gasteiger partial charge in [-0.3, -0.25) is 43.3 Å². The average Bonchev–Trinajstić information content (AvgIpc) is 4.20. The number of carboxylic acid groups (broad SMARTS) is 2. The first kappa shape index (κ1) is 60.3. The van der Waals surface area contributed by atoms with E-state index in [1.54, 1.807) is 33.9 Å². The van der Waals surface area contributed by atoms with E-state index >= 15 is 0 Å². The number of carbonyl (C=O) groups is 9. The normalized spacial score (nSPS) is 16.3. The molecule has 17 N–H and O–H groups in total. The molecule has 0 bridgehead atoms. The quantitative estimate of drug-likeness (QED) is 0.0179. The molecule has 1 fully saturated rings. The highest BCUT2D eigenvalue weighted by Crippen LogP contribution is 2.23. The molecule has 1 aliphatic rings. The Morgan fingerprint density at radius 2 is 1.42 bits per heavy atom. The predicted octanol–water partition coefficient (Wildman–Crippen LogP) is -0.833. The third-order valence-corrected chi connectivity index (χ3v) is 13.5. The fraction of sp³-hybridized carbons (Fsp3) is 0.481. The SMILES string of the molecule is CC[C@H](C)[C@H](NC(=O)[C@H](Cc1ccc(O)cc1)NC(=O)[C@@H](NC(=O)[C@H](CCCN=C(N)N)NC(=O)[C@@H](N)CC(=O)O)C(C)C)C(=O)N[C@@H](Cc1cnc[nH]1)C(=O)N1CCC[C@H]1C(=O)N[C@@H](Cc1c[nH]c2ccccc12)C(=O)O. The van der Waals surface area contributed by atoms with Gasteiger partial charge in [-0.25, -0.2) is 9.78 Å². The molecule has 422 valence electrons. The number of aliphatic carboxylic acids is 2. The number of aromatic nitrogens is 3. The van der Waals surface area contributed by atoms with Crippen LogP contribution in [0.15, 0.2) is 72.2 Å². The van der Waals surface area contributed by atoms with E-state index in [0.29, 0.717) is 29.7 Å². The van der Waals surface area contributed by atoms with Crippen LogP contribution in [0.3, 0.4) is 0 Å². The average molecular weight is 1090 g/mol. The van der Waals surface area contributed by atoms with Crippen LogP contribution in [0.4, 0.5) is 0 Å². The van der Waals surface area contributed by atoms with Crippen molar-refractivity contribution in [3.05, 3.63) is 84.1 Å². The van der Waals surface area contributed by atoms with Crippen molar-refractivity contribution >= 4 is 70.2 Å². The highest BCUT2D eigenvalue weighted by molar-refractivity contribution is 5.98. The van der Waals surface area contributed by atoms with Crippen LogP contribution < -0.4 is 49.1 Å². The van der Waals surface area contributed by atoms with E-state index in [9.17, 15) is 58.5 Å². The Labute approximate surface area is 449 Å². The number of fused-ring (bicyclic) bond motifs is 1. The highest BCUT2D eigenvalue weighted by Gasteiger charge is 2.41. The molecule has 3 heterocycles. The molecule has 2 aromatic heterocycles. The van der Waals surface area contributed by atoms with Gasteiger partial charge in [0.2, 0.25) is 41.4 Å². The number of hydrogen-bond acceptors (Lipinski definition) is 13. The van der Waals surface area contributed by atoms with Crippen LogP contribution in [-0.4, -0.2) is 156 Å². The number of carbonyl (C=O) groups excluding carboxylic acids is 7. The Kier molecular flexibility index (Phi) is 22.1. The number of nitrogens with one attached hydrogen (secondary N) is 8. The maximum absolute atomic E-state index is 14.7. The van der Waals surface area contributed by atoms with Crippen LogP contribution >= 0.6 is 0 Å². The molecule has 1 aliphatic heterocycles. The lowest BCUT2D eigenvalue weighted by Crippen LogP contribution is -2.62. The molecular weight excluding hydrogens is 1010 g/mol. The van der Waals surface area contributed by atoms with Gasteiger partial charge in [0.1, 0.15) is 48.0 Å². The number of rotatable bonds is 29. The van der Waals surface area contributed by atoms with Gasteiger partial charge in [-0.2, -0.15) is 0 Å². The summed E-state index contributed by atoms with van der Waals surface area (Å²) in [6.07, 6.45) is 4.52. The molecule has 78 heavy (non-hydrogen) atoms. The number of aromatic hydroxyl groups is 1. The fourth-order valence-electron chi connectivity index (χ4n) is 8.98. The first-order valence-electron chi connectivity index (χ1n) is 25.7. The Hall–Kier alpha value is -8.55. The molecule has 4 aromatic rings. The smallest absolute Gasteiger partial charge is 0.326 e. The van der Waals surface area contributed by atoms with Crippen LogP contribution in [0.1, 0.15) is 83.0 Å². The molecule has 0 spiro atoms. The molecule has 7 amide bonds. The molecular formula is C52H72N14O12. The summed E-state index contributed by atoms with van der Waals surface area (Å²) >= 11 is 0. The topological polar surface area (TPSA) is 425 Å². The van der Waals surface area contributed by atoms with Gasteiger partial charge in [0.25, 0.3) is 0 Å². The Morgan fingerprint density at radius 3 is 2.06 bits per heavy atom. The van der Waals surface area contributed by atoms with Crippen molar-refractivity contribution in [1.82, 2.24) is 51.8 Å². The molecule has 5 rings (SSSR count). The zero-order valence-corrected chi connectivity index (χ0v) is 44.0. The Morgan fingerprint density at radius 1 is 0.769 bits per heavy atom. The number of guanidine groups is 1. The summed E-state index contributed by atoms with van der Waals surface area (Å²) in [6.45, 7) is 6.90. The second-order valence-electron chi connectivity index (χ2n) is 19.7. The largest absolute Gasteiger partial charge is 0.508 e. The maximum Gasteiger partial charge on any atom is 0.326 e. The summed E-state index contributed by atoms with van der Waals surface area (Å²) in [5, 5.41) is 46.2. The van der Waals surface area contributed by atoms with Crippen molar-refractivity contribution in [3.8, 4) is 5.75 Å². The van der Waals surface area contributed by atoms with Gasteiger partial charge < -0.3 is 79.3 Å². The lowest BCUT2D eigenvalue weighted by Gasteiger charge is -2.32. The lowest BCUT2D eigenvalue weighted by molar-refractivity contribution is -0.145. The first-order chi connectivity index (χ1) is 37.1. The number of H-pyrrole nitrogens is 2. The van der Waals surface area contributed by atoms with Gasteiger partial charge >= 0.3 is 11.9 Å². The van der Waals surface area contributed by atoms with Crippen molar-refractivity contribution in [2.45, 2.75) is 134 Å². The molecule has 26 heteroatoms. The van der Waals surface area contributed by atoms with Crippen molar-refractivity contribution < 1.29 is 58.5 Å². The van der Waals surface area contributed by atoms with Crippen LogP contribution in [0.5, 0.6) is 5.75 Å². The van der Waals surface area contributed by atoms with E-state index in [0.717, 1.165) is 10.9 Å². The number of amides is 7. The van der Waals surface area contributed by atoms with Gasteiger partial charge in [-0.1, -0.05) is 64.4 Å².